The summed E-state index contributed by atoms with van der Waals surface area (Å²) in [6.07, 6.45) is 0.568. The monoisotopic (exact) mass is 299 g/mol. The van der Waals surface area contributed by atoms with E-state index in [0.717, 1.165) is 19.6 Å². The summed E-state index contributed by atoms with van der Waals surface area (Å²) >= 11 is 0. The number of carbonyl (C=O) groups excluding carboxylic acids is 2. The molecular weight excluding hydrogens is 272 g/mol. The van der Waals surface area contributed by atoms with E-state index in [2.05, 4.69) is 20.8 Å². The van der Waals surface area contributed by atoms with Gasteiger partial charge in [0, 0.05) is 6.42 Å². The third-order valence-electron chi connectivity index (χ3n) is 4.67. The second-order valence-corrected chi connectivity index (χ2v) is 5.26. The van der Waals surface area contributed by atoms with Crippen molar-refractivity contribution >= 4 is 11.9 Å². The quantitative estimate of drug-likeness (QED) is 0.256. The number of quaternary nitrogens is 1. The lowest BCUT2D eigenvalue weighted by atomic mass is 10.0. The standard InChI is InChI=1S/C15H26N2O4/c1-6-11(18)14(15(20)21-5)16-12(10-13(16)19)17(7-2,8-3)9-4/h12H,6-10H2,1-5H3/p+1. The maximum atomic E-state index is 12.1. The Bertz CT molecular complexity index is 433. The molecule has 0 aromatic rings. The van der Waals surface area contributed by atoms with Crippen LogP contribution in [0.4, 0.5) is 0 Å². The molecule has 0 aromatic heterocycles. The minimum absolute atomic E-state index is 0.000833. The number of rotatable bonds is 7. The number of allylic oxidation sites excluding steroid dienone is 1. The molecule has 0 radical (unpaired) electrons. The van der Waals surface area contributed by atoms with E-state index in [1.54, 1.807) is 6.92 Å². The molecule has 1 aliphatic rings. The van der Waals surface area contributed by atoms with Gasteiger partial charge in [-0.2, -0.15) is 0 Å². The summed E-state index contributed by atoms with van der Waals surface area (Å²) in [6.45, 7) is 10.6. The van der Waals surface area contributed by atoms with Crippen LogP contribution in [0.25, 0.3) is 0 Å². The van der Waals surface area contributed by atoms with E-state index in [9.17, 15) is 14.7 Å². The molecule has 0 aliphatic carbocycles. The van der Waals surface area contributed by atoms with E-state index < -0.39 is 5.97 Å². The van der Waals surface area contributed by atoms with Gasteiger partial charge in [-0.25, -0.2) is 4.79 Å². The van der Waals surface area contributed by atoms with Gasteiger partial charge in [-0.1, -0.05) is 6.92 Å². The van der Waals surface area contributed by atoms with Crippen LogP contribution in [-0.2, 0) is 14.3 Å². The van der Waals surface area contributed by atoms with Crippen molar-refractivity contribution in [3.8, 4) is 0 Å². The van der Waals surface area contributed by atoms with Crippen LogP contribution in [0.1, 0.15) is 40.5 Å². The number of β-lactam (4-membered cyclic amide) rings is 1. The Balaban J connectivity index is 3.24. The molecule has 21 heavy (non-hydrogen) atoms. The highest BCUT2D eigenvalue weighted by atomic mass is 16.5. The predicted octanol–water partition coefficient (Wildman–Crippen LogP) is 1.77. The number of amides is 1. The van der Waals surface area contributed by atoms with E-state index in [-0.39, 0.29) is 29.9 Å². The van der Waals surface area contributed by atoms with Crippen LogP contribution in [0.5, 0.6) is 0 Å². The van der Waals surface area contributed by atoms with Crippen molar-refractivity contribution < 1.29 is 23.9 Å². The second kappa shape index (κ2) is 6.93. The number of hydrogen-bond donors (Lipinski definition) is 1. The van der Waals surface area contributed by atoms with Crippen LogP contribution in [0.3, 0.4) is 0 Å². The van der Waals surface area contributed by atoms with Crippen molar-refractivity contribution in [2.24, 2.45) is 0 Å². The molecule has 1 fully saturated rings. The first-order chi connectivity index (χ1) is 9.92. The average molecular weight is 299 g/mol. The van der Waals surface area contributed by atoms with E-state index in [1.165, 1.54) is 12.0 Å². The van der Waals surface area contributed by atoms with Gasteiger partial charge in [-0.3, -0.25) is 9.69 Å². The fourth-order valence-electron chi connectivity index (χ4n) is 3.03. The Morgan fingerprint density at radius 1 is 1.29 bits per heavy atom. The van der Waals surface area contributed by atoms with Gasteiger partial charge in [0.15, 0.2) is 11.9 Å². The van der Waals surface area contributed by atoms with Crippen molar-refractivity contribution in [3.63, 3.8) is 0 Å². The number of esters is 1. The molecule has 0 saturated carbocycles. The van der Waals surface area contributed by atoms with Crippen molar-refractivity contribution in [2.45, 2.75) is 46.7 Å². The van der Waals surface area contributed by atoms with Crippen LogP contribution in [-0.4, -0.2) is 59.3 Å². The first kappa shape index (κ1) is 17.5. The molecule has 6 heteroatoms. The molecule has 1 saturated heterocycles. The van der Waals surface area contributed by atoms with Gasteiger partial charge >= 0.3 is 5.97 Å². The van der Waals surface area contributed by atoms with Gasteiger partial charge in [0.2, 0.25) is 5.91 Å². The highest BCUT2D eigenvalue weighted by Crippen LogP contribution is 2.34. The van der Waals surface area contributed by atoms with E-state index in [0.29, 0.717) is 10.9 Å². The predicted molar refractivity (Wildman–Crippen MR) is 79.1 cm³/mol. The third kappa shape index (κ3) is 2.90. The third-order valence-corrected chi connectivity index (χ3v) is 4.67. The van der Waals surface area contributed by atoms with Gasteiger partial charge < -0.3 is 14.3 Å². The van der Waals surface area contributed by atoms with Gasteiger partial charge in [0.25, 0.3) is 0 Å². The number of methoxy groups -OCH3 is 1. The molecule has 1 N–H and O–H groups in total. The molecule has 1 aliphatic heterocycles. The maximum Gasteiger partial charge on any atom is 0.358 e. The summed E-state index contributed by atoms with van der Waals surface area (Å²) in [7, 11) is 1.26. The van der Waals surface area contributed by atoms with Gasteiger partial charge in [-0.05, 0) is 20.8 Å². The molecule has 0 aromatic carbocycles. The lowest BCUT2D eigenvalue weighted by molar-refractivity contribution is -0.958. The van der Waals surface area contributed by atoms with Crippen LogP contribution >= 0.6 is 0 Å². The molecule has 120 valence electrons. The number of nitrogens with zero attached hydrogens (tertiary/aromatic N) is 2. The zero-order valence-electron chi connectivity index (χ0n) is 13.7. The summed E-state index contributed by atoms with van der Waals surface area (Å²) in [4.78, 5) is 25.5. The van der Waals surface area contributed by atoms with Crippen molar-refractivity contribution in [1.82, 2.24) is 4.90 Å². The van der Waals surface area contributed by atoms with Crippen molar-refractivity contribution in [2.75, 3.05) is 26.7 Å². The summed E-state index contributed by atoms with van der Waals surface area (Å²) in [6, 6.07) is 0. The fourth-order valence-corrected chi connectivity index (χ4v) is 3.03. The SMILES string of the molecule is CC/C(O)=C(/C(=O)OC)N1C(=O)CC1[N+](CC)(CC)CC. The highest BCUT2D eigenvalue weighted by Gasteiger charge is 2.52. The Labute approximate surface area is 126 Å². The van der Waals surface area contributed by atoms with Gasteiger partial charge in [0.1, 0.15) is 12.2 Å². The molecule has 1 rings (SSSR count). The fraction of sp³-hybridized carbons (Fsp3) is 0.733. The Morgan fingerprint density at radius 2 is 1.81 bits per heavy atom. The number of hydrogen-bond acceptors (Lipinski definition) is 4. The maximum absolute atomic E-state index is 12.1. The second-order valence-electron chi connectivity index (χ2n) is 5.26. The molecular formula is C15H27N2O4+. The lowest BCUT2D eigenvalue weighted by Gasteiger charge is -2.52. The minimum Gasteiger partial charge on any atom is -0.510 e. The molecule has 6 nitrogen and oxygen atoms in total. The first-order valence-electron chi connectivity index (χ1n) is 7.60. The highest BCUT2D eigenvalue weighted by molar-refractivity contribution is 5.97. The average Bonchev–Trinajstić information content (AvgIpc) is 2.52. The Morgan fingerprint density at radius 3 is 2.14 bits per heavy atom. The summed E-state index contributed by atoms with van der Waals surface area (Å²) in [5.41, 5.74) is -0.000833. The van der Waals surface area contributed by atoms with Crippen molar-refractivity contribution in [1.29, 1.82) is 0 Å². The minimum atomic E-state index is -0.659. The number of aliphatic hydroxyl groups is 1. The summed E-state index contributed by atoms with van der Waals surface area (Å²) < 4.78 is 5.46. The molecule has 1 amide bonds. The Kier molecular flexibility index (Phi) is 5.78. The Hall–Kier alpha value is -1.56. The van der Waals surface area contributed by atoms with E-state index in [4.69, 9.17) is 4.74 Å². The van der Waals surface area contributed by atoms with Crippen LogP contribution < -0.4 is 0 Å². The van der Waals surface area contributed by atoms with Crippen LogP contribution in [0.15, 0.2) is 11.5 Å². The summed E-state index contributed by atoms with van der Waals surface area (Å²) in [5, 5.41) is 10.1. The largest absolute Gasteiger partial charge is 0.510 e. The van der Waals surface area contributed by atoms with Crippen LogP contribution in [0, 0.1) is 0 Å². The van der Waals surface area contributed by atoms with Crippen molar-refractivity contribution in [3.05, 3.63) is 11.5 Å². The number of carbonyl (C=O) groups is 2. The zero-order valence-corrected chi connectivity index (χ0v) is 13.7. The number of aliphatic hydroxyl groups excluding tert-OH is 1. The molecule has 1 unspecified atom stereocenters. The molecule has 0 bridgehead atoms. The van der Waals surface area contributed by atoms with Gasteiger partial charge in [-0.15, -0.1) is 0 Å². The normalized spacial score (nSPS) is 20.0. The van der Waals surface area contributed by atoms with E-state index >= 15 is 0 Å². The zero-order chi connectivity index (χ0) is 16.2. The van der Waals surface area contributed by atoms with E-state index in [1.807, 2.05) is 0 Å². The summed E-state index contributed by atoms with van der Waals surface area (Å²) in [5.74, 6) is -0.895. The smallest absolute Gasteiger partial charge is 0.358 e. The molecule has 1 heterocycles. The first-order valence-corrected chi connectivity index (χ1v) is 7.60. The lowest BCUT2D eigenvalue weighted by Crippen LogP contribution is -2.70. The molecule has 0 spiro atoms. The van der Waals surface area contributed by atoms with Gasteiger partial charge in [0.05, 0.1) is 26.7 Å². The topological polar surface area (TPSA) is 66.8 Å². The van der Waals surface area contributed by atoms with Crippen LogP contribution in [0.2, 0.25) is 0 Å². The number of ether oxygens (including phenoxy) is 1. The number of likely N-dealkylation sites (tertiary alicyclic amines) is 1. The molecule has 1 atom stereocenters.